The average Bonchev–Trinajstić information content (AvgIpc) is 3.25. The van der Waals surface area contributed by atoms with Gasteiger partial charge in [-0.15, -0.1) is 0 Å². The van der Waals surface area contributed by atoms with Gasteiger partial charge in [0.05, 0.1) is 29.9 Å². The fourth-order valence-corrected chi connectivity index (χ4v) is 4.12. The smallest absolute Gasteiger partial charge is 0.255 e. The standard InChI is InChI=1S/C26H25N5O3S/c1-17(35-26-30-22(16-31(26)27)18-8-4-3-5-9-18)24(32)28-20-14-12-19(13-15-20)25(33)29-21-10-6-7-11-23(21)34-2/h3-17H,27H2,1-2H3,(H,28,32)(H,29,33). The number of nitrogens with one attached hydrogen (secondary N) is 2. The molecule has 0 fully saturated rings. The van der Waals surface area contributed by atoms with Crippen molar-refractivity contribution in [3.63, 3.8) is 0 Å². The number of nitrogen functional groups attached to an aromatic ring is 1. The van der Waals surface area contributed by atoms with Crippen LogP contribution in [0.5, 0.6) is 5.75 Å². The fourth-order valence-electron chi connectivity index (χ4n) is 3.31. The highest BCUT2D eigenvalue weighted by atomic mass is 32.2. The lowest BCUT2D eigenvalue weighted by Gasteiger charge is -2.12. The number of carbonyl (C=O) groups is 2. The van der Waals surface area contributed by atoms with Crippen molar-refractivity contribution in [3.8, 4) is 17.0 Å². The maximum absolute atomic E-state index is 12.7. The molecule has 1 atom stereocenters. The van der Waals surface area contributed by atoms with E-state index in [1.165, 1.54) is 16.4 Å². The van der Waals surface area contributed by atoms with E-state index in [1.807, 2.05) is 42.5 Å². The number of ether oxygens (including phenoxy) is 1. The average molecular weight is 488 g/mol. The molecule has 0 radical (unpaired) electrons. The second-order valence-electron chi connectivity index (χ2n) is 7.66. The van der Waals surface area contributed by atoms with Crippen molar-refractivity contribution in [3.05, 3.63) is 90.6 Å². The molecule has 1 unspecified atom stereocenters. The van der Waals surface area contributed by atoms with Crippen molar-refractivity contribution in [2.45, 2.75) is 17.3 Å². The topological polar surface area (TPSA) is 111 Å². The van der Waals surface area contributed by atoms with Gasteiger partial charge in [0.25, 0.3) is 5.91 Å². The van der Waals surface area contributed by atoms with Gasteiger partial charge in [-0.1, -0.05) is 54.2 Å². The van der Waals surface area contributed by atoms with Crippen molar-refractivity contribution in [1.82, 2.24) is 9.66 Å². The fraction of sp³-hybridized carbons (Fsp3) is 0.115. The lowest BCUT2D eigenvalue weighted by Crippen LogP contribution is -2.23. The number of nitrogens with two attached hydrogens (primary N) is 1. The molecule has 1 heterocycles. The van der Waals surface area contributed by atoms with Gasteiger partial charge in [0, 0.05) is 16.8 Å². The van der Waals surface area contributed by atoms with Crippen LogP contribution in [0.15, 0.2) is 90.2 Å². The highest BCUT2D eigenvalue weighted by molar-refractivity contribution is 8.00. The van der Waals surface area contributed by atoms with Crippen LogP contribution in [0.3, 0.4) is 0 Å². The number of nitrogens with zero attached hydrogens (tertiary/aromatic N) is 2. The highest BCUT2D eigenvalue weighted by Crippen LogP contribution is 2.27. The molecule has 0 aliphatic carbocycles. The third kappa shape index (κ3) is 5.82. The Morgan fingerprint density at radius 1 is 0.971 bits per heavy atom. The number of thioether (sulfide) groups is 1. The Morgan fingerprint density at radius 2 is 1.66 bits per heavy atom. The molecule has 8 nitrogen and oxygen atoms in total. The van der Waals surface area contributed by atoms with Crippen LogP contribution in [0.2, 0.25) is 0 Å². The normalized spacial score (nSPS) is 11.5. The van der Waals surface area contributed by atoms with Crippen LogP contribution >= 0.6 is 11.8 Å². The minimum Gasteiger partial charge on any atom is -0.495 e. The Labute approximate surface area is 207 Å². The molecule has 0 bridgehead atoms. The Morgan fingerprint density at radius 3 is 2.37 bits per heavy atom. The summed E-state index contributed by atoms with van der Waals surface area (Å²) in [4.78, 5) is 29.9. The van der Waals surface area contributed by atoms with E-state index in [9.17, 15) is 9.59 Å². The van der Waals surface area contributed by atoms with Crippen LogP contribution in [0.4, 0.5) is 11.4 Å². The van der Waals surface area contributed by atoms with Gasteiger partial charge >= 0.3 is 0 Å². The van der Waals surface area contributed by atoms with Crippen LogP contribution in [-0.2, 0) is 4.79 Å². The second-order valence-corrected chi connectivity index (χ2v) is 8.97. The van der Waals surface area contributed by atoms with Crippen molar-refractivity contribution >= 4 is 35.0 Å². The van der Waals surface area contributed by atoms with E-state index in [0.717, 1.165) is 11.3 Å². The third-order valence-electron chi connectivity index (χ3n) is 5.19. The Kier molecular flexibility index (Phi) is 7.37. The summed E-state index contributed by atoms with van der Waals surface area (Å²) in [5, 5.41) is 5.78. The molecule has 0 aliphatic rings. The van der Waals surface area contributed by atoms with E-state index < -0.39 is 5.25 Å². The Bertz CT molecular complexity index is 1320. The van der Waals surface area contributed by atoms with Crippen molar-refractivity contribution in [1.29, 1.82) is 0 Å². The second kappa shape index (κ2) is 10.8. The van der Waals surface area contributed by atoms with Crippen molar-refractivity contribution in [2.75, 3.05) is 23.6 Å². The van der Waals surface area contributed by atoms with Gasteiger partial charge in [0.2, 0.25) is 5.91 Å². The van der Waals surface area contributed by atoms with E-state index in [1.54, 1.807) is 56.6 Å². The number of hydrogen-bond donors (Lipinski definition) is 3. The molecule has 4 aromatic rings. The molecule has 0 saturated heterocycles. The lowest BCUT2D eigenvalue weighted by molar-refractivity contribution is -0.115. The van der Waals surface area contributed by atoms with E-state index in [-0.39, 0.29) is 11.8 Å². The first-order valence-electron chi connectivity index (χ1n) is 10.9. The molecule has 35 heavy (non-hydrogen) atoms. The van der Waals surface area contributed by atoms with Crippen LogP contribution in [-0.4, -0.2) is 33.8 Å². The maximum Gasteiger partial charge on any atom is 0.255 e. The monoisotopic (exact) mass is 487 g/mol. The van der Waals surface area contributed by atoms with Gasteiger partial charge in [-0.3, -0.25) is 9.59 Å². The SMILES string of the molecule is COc1ccccc1NC(=O)c1ccc(NC(=O)C(C)Sc2nc(-c3ccccc3)cn2N)cc1. The summed E-state index contributed by atoms with van der Waals surface area (Å²) < 4.78 is 6.69. The van der Waals surface area contributed by atoms with E-state index in [0.29, 0.717) is 27.8 Å². The molecule has 0 spiro atoms. The number of aromatic nitrogens is 2. The van der Waals surface area contributed by atoms with Crippen LogP contribution < -0.4 is 21.2 Å². The third-order valence-corrected chi connectivity index (χ3v) is 6.27. The minimum atomic E-state index is -0.447. The number of benzene rings is 3. The lowest BCUT2D eigenvalue weighted by atomic mass is 10.2. The number of imidazole rings is 1. The van der Waals surface area contributed by atoms with Crippen LogP contribution in [0.25, 0.3) is 11.3 Å². The molecule has 0 saturated carbocycles. The minimum absolute atomic E-state index is 0.203. The first kappa shape index (κ1) is 23.9. The summed E-state index contributed by atoms with van der Waals surface area (Å²) in [5.41, 5.74) is 3.31. The zero-order valence-electron chi connectivity index (χ0n) is 19.3. The number of hydrogen-bond acceptors (Lipinski definition) is 6. The number of rotatable bonds is 8. The van der Waals surface area contributed by atoms with E-state index in [4.69, 9.17) is 10.6 Å². The predicted molar refractivity (Wildman–Crippen MR) is 139 cm³/mol. The molecular weight excluding hydrogens is 462 g/mol. The van der Waals surface area contributed by atoms with Crippen molar-refractivity contribution < 1.29 is 14.3 Å². The number of carbonyl (C=O) groups excluding carboxylic acids is 2. The summed E-state index contributed by atoms with van der Waals surface area (Å²) in [6.45, 7) is 1.78. The molecule has 9 heteroatoms. The van der Waals surface area contributed by atoms with Crippen molar-refractivity contribution in [2.24, 2.45) is 0 Å². The zero-order chi connectivity index (χ0) is 24.8. The number of anilines is 2. The number of amides is 2. The molecule has 1 aromatic heterocycles. The molecule has 4 N–H and O–H groups in total. The maximum atomic E-state index is 12.7. The van der Waals surface area contributed by atoms with Gasteiger partial charge in [-0.05, 0) is 43.3 Å². The summed E-state index contributed by atoms with van der Waals surface area (Å²) in [5.74, 6) is 6.15. The summed E-state index contributed by atoms with van der Waals surface area (Å²) in [6, 6.07) is 23.5. The molecule has 178 valence electrons. The summed E-state index contributed by atoms with van der Waals surface area (Å²) in [7, 11) is 1.55. The molecule has 3 aromatic carbocycles. The summed E-state index contributed by atoms with van der Waals surface area (Å²) in [6.07, 6.45) is 1.73. The van der Waals surface area contributed by atoms with E-state index in [2.05, 4.69) is 15.6 Å². The largest absolute Gasteiger partial charge is 0.495 e. The molecular formula is C26H25N5O3S. The van der Waals surface area contributed by atoms with E-state index >= 15 is 0 Å². The number of methoxy groups -OCH3 is 1. The van der Waals surface area contributed by atoms with Crippen LogP contribution in [0, 0.1) is 0 Å². The first-order chi connectivity index (χ1) is 16.9. The predicted octanol–water partition coefficient (Wildman–Crippen LogP) is 4.64. The molecule has 2 amide bonds. The quantitative estimate of drug-likeness (QED) is 0.247. The Balaban J connectivity index is 1.36. The van der Waals surface area contributed by atoms with Gasteiger partial charge < -0.3 is 21.2 Å². The van der Waals surface area contributed by atoms with Gasteiger partial charge in [0.15, 0.2) is 5.16 Å². The molecule has 4 rings (SSSR count). The zero-order valence-corrected chi connectivity index (χ0v) is 20.1. The van der Waals surface area contributed by atoms with Gasteiger partial charge in [0.1, 0.15) is 5.75 Å². The van der Waals surface area contributed by atoms with Gasteiger partial charge in [-0.25, -0.2) is 9.66 Å². The molecule has 0 aliphatic heterocycles. The summed E-state index contributed by atoms with van der Waals surface area (Å²) >= 11 is 1.26. The highest BCUT2D eigenvalue weighted by Gasteiger charge is 2.19. The number of para-hydroxylation sites is 2. The van der Waals surface area contributed by atoms with Gasteiger partial charge in [-0.2, -0.15) is 0 Å². The van der Waals surface area contributed by atoms with Crippen LogP contribution in [0.1, 0.15) is 17.3 Å². The Hall–Kier alpha value is -4.24. The first-order valence-corrected chi connectivity index (χ1v) is 11.7.